The molecule has 0 N–H and O–H groups in total. The largest absolute Gasteiger partial charge is 0.341 e. The van der Waals surface area contributed by atoms with Crippen LogP contribution < -0.4 is 4.90 Å². The van der Waals surface area contributed by atoms with Crippen LogP contribution in [0.25, 0.3) is 11.6 Å². The zero-order valence-electron chi connectivity index (χ0n) is 14.2. The summed E-state index contributed by atoms with van der Waals surface area (Å²) in [4.78, 5) is 11.9. The first kappa shape index (κ1) is 14.6. The third-order valence-electron chi connectivity index (χ3n) is 5.26. The zero-order valence-corrected chi connectivity index (χ0v) is 14.2. The zero-order chi connectivity index (χ0) is 16.8. The summed E-state index contributed by atoms with van der Waals surface area (Å²) < 4.78 is 3.73. The number of rotatable bonds is 3. The Morgan fingerprint density at radius 1 is 1.24 bits per heavy atom. The van der Waals surface area contributed by atoms with Crippen molar-refractivity contribution >= 4 is 5.82 Å². The van der Waals surface area contributed by atoms with E-state index in [-0.39, 0.29) is 6.04 Å². The predicted octanol–water partition coefficient (Wildman–Crippen LogP) is 2.46. The molecule has 8 nitrogen and oxygen atoms in total. The Kier molecular flexibility index (Phi) is 3.29. The molecule has 8 heteroatoms. The summed E-state index contributed by atoms with van der Waals surface area (Å²) in [5.74, 6) is 2.54. The topological polar surface area (TPSA) is 77.5 Å². The van der Waals surface area contributed by atoms with Crippen molar-refractivity contribution in [3.8, 4) is 11.6 Å². The maximum Gasteiger partial charge on any atom is 0.252 e. The average molecular weight is 336 g/mol. The first-order valence-corrected chi connectivity index (χ1v) is 8.92. The summed E-state index contributed by atoms with van der Waals surface area (Å²) in [7, 11) is 0. The highest BCUT2D eigenvalue weighted by Gasteiger charge is 2.38. The van der Waals surface area contributed by atoms with Crippen molar-refractivity contribution in [2.75, 3.05) is 4.90 Å². The highest BCUT2D eigenvalue weighted by atomic mass is 15.4. The van der Waals surface area contributed by atoms with Crippen molar-refractivity contribution in [3.63, 3.8) is 0 Å². The molecule has 1 fully saturated rings. The van der Waals surface area contributed by atoms with Crippen LogP contribution in [0.5, 0.6) is 0 Å². The van der Waals surface area contributed by atoms with Gasteiger partial charge in [0.2, 0.25) is 0 Å². The van der Waals surface area contributed by atoms with Crippen LogP contribution in [-0.2, 0) is 0 Å². The van der Waals surface area contributed by atoms with Crippen LogP contribution in [0.1, 0.15) is 50.9 Å². The minimum absolute atomic E-state index is 0.193. The van der Waals surface area contributed by atoms with Crippen molar-refractivity contribution in [2.24, 2.45) is 0 Å². The summed E-state index contributed by atoms with van der Waals surface area (Å²) in [6.45, 7) is 2.20. The molecule has 0 spiro atoms. The van der Waals surface area contributed by atoms with Gasteiger partial charge in [-0.15, -0.1) is 10.2 Å². The van der Waals surface area contributed by atoms with E-state index in [1.165, 1.54) is 25.7 Å². The number of anilines is 1. The van der Waals surface area contributed by atoms with E-state index in [2.05, 4.69) is 32.1 Å². The fraction of sp³-hybridized carbons (Fsp3) is 0.471. The molecule has 0 radical (unpaired) electrons. The summed E-state index contributed by atoms with van der Waals surface area (Å²) in [5.41, 5.74) is 0.951. The summed E-state index contributed by atoms with van der Waals surface area (Å²) in [5, 5.41) is 12.8. The van der Waals surface area contributed by atoms with Crippen molar-refractivity contribution in [1.29, 1.82) is 0 Å². The standard InChI is InChI=1S/C17H20N8/c1-2-13-16-22-19-11-23(16)14-10-18-17(24-9-5-8-20-24)21-15(14)25(13)12-6-3-4-7-12/h5,8-13H,2-4,6-7H2,1H3. The van der Waals surface area contributed by atoms with Crippen LogP contribution >= 0.6 is 0 Å². The molecule has 3 aromatic rings. The van der Waals surface area contributed by atoms with Gasteiger partial charge in [0.15, 0.2) is 11.6 Å². The molecule has 3 aromatic heterocycles. The number of hydrogen-bond acceptors (Lipinski definition) is 6. The molecular formula is C17H20N8. The van der Waals surface area contributed by atoms with Gasteiger partial charge in [-0.05, 0) is 25.3 Å². The normalized spacial score (nSPS) is 19.9. The van der Waals surface area contributed by atoms with Gasteiger partial charge in [0.1, 0.15) is 12.0 Å². The van der Waals surface area contributed by atoms with Gasteiger partial charge >= 0.3 is 0 Å². The quantitative estimate of drug-likeness (QED) is 0.731. The van der Waals surface area contributed by atoms with Gasteiger partial charge in [0.05, 0.1) is 12.2 Å². The van der Waals surface area contributed by atoms with Crippen LogP contribution in [0.3, 0.4) is 0 Å². The molecule has 4 heterocycles. The van der Waals surface area contributed by atoms with Crippen molar-refractivity contribution in [2.45, 2.75) is 51.1 Å². The molecule has 0 amide bonds. The predicted molar refractivity (Wildman–Crippen MR) is 91.8 cm³/mol. The van der Waals surface area contributed by atoms with Gasteiger partial charge in [0.25, 0.3) is 5.95 Å². The Labute approximate surface area is 145 Å². The van der Waals surface area contributed by atoms with Crippen LogP contribution in [0.2, 0.25) is 0 Å². The Balaban J connectivity index is 1.70. The Hall–Kier alpha value is -2.77. The summed E-state index contributed by atoms with van der Waals surface area (Å²) >= 11 is 0. The maximum atomic E-state index is 4.90. The molecule has 1 saturated carbocycles. The van der Waals surface area contributed by atoms with E-state index in [9.17, 15) is 0 Å². The number of nitrogens with zero attached hydrogens (tertiary/aromatic N) is 8. The van der Waals surface area contributed by atoms with E-state index in [4.69, 9.17) is 4.98 Å². The van der Waals surface area contributed by atoms with Gasteiger partial charge in [-0.25, -0.2) is 9.67 Å². The second-order valence-corrected chi connectivity index (χ2v) is 6.66. The lowest BCUT2D eigenvalue weighted by atomic mass is 10.0. The highest BCUT2D eigenvalue weighted by Crippen LogP contribution is 2.42. The van der Waals surface area contributed by atoms with Crippen LogP contribution in [0.4, 0.5) is 5.82 Å². The first-order valence-electron chi connectivity index (χ1n) is 8.92. The summed E-state index contributed by atoms with van der Waals surface area (Å²) in [6.07, 6.45) is 13.1. The number of fused-ring (bicyclic) bond motifs is 3. The SMILES string of the molecule is CCC1c2nncn2-c2cnc(-n3cccn3)nc2N1C1CCCC1. The Bertz CT molecular complexity index is 878. The van der Waals surface area contributed by atoms with E-state index in [1.54, 1.807) is 17.2 Å². The van der Waals surface area contributed by atoms with E-state index in [1.807, 2.05) is 23.0 Å². The van der Waals surface area contributed by atoms with E-state index < -0.39 is 0 Å². The second kappa shape index (κ2) is 5.65. The molecule has 128 valence electrons. The van der Waals surface area contributed by atoms with E-state index in [0.717, 1.165) is 23.8 Å². The maximum absolute atomic E-state index is 4.90. The van der Waals surface area contributed by atoms with Crippen molar-refractivity contribution < 1.29 is 0 Å². The smallest absolute Gasteiger partial charge is 0.252 e. The molecule has 0 saturated heterocycles. The molecule has 5 rings (SSSR count). The fourth-order valence-electron chi connectivity index (χ4n) is 4.13. The molecule has 2 aliphatic rings. The van der Waals surface area contributed by atoms with Gasteiger partial charge < -0.3 is 4.90 Å². The lowest BCUT2D eigenvalue weighted by Crippen LogP contribution is -2.42. The van der Waals surface area contributed by atoms with E-state index >= 15 is 0 Å². The van der Waals surface area contributed by atoms with E-state index in [0.29, 0.717) is 12.0 Å². The molecule has 0 aromatic carbocycles. The van der Waals surface area contributed by atoms with Crippen LogP contribution in [0.15, 0.2) is 31.0 Å². The third-order valence-corrected chi connectivity index (χ3v) is 5.26. The minimum atomic E-state index is 0.193. The Morgan fingerprint density at radius 2 is 2.12 bits per heavy atom. The highest BCUT2D eigenvalue weighted by molar-refractivity contribution is 5.62. The monoisotopic (exact) mass is 336 g/mol. The molecule has 1 aliphatic heterocycles. The molecule has 1 unspecified atom stereocenters. The van der Waals surface area contributed by atoms with Crippen molar-refractivity contribution in [1.82, 2.24) is 34.5 Å². The molecule has 1 aliphatic carbocycles. The number of hydrogen-bond donors (Lipinski definition) is 0. The fourth-order valence-corrected chi connectivity index (χ4v) is 4.13. The van der Waals surface area contributed by atoms with Crippen LogP contribution in [0, 0.1) is 0 Å². The van der Waals surface area contributed by atoms with Crippen LogP contribution in [-0.4, -0.2) is 40.6 Å². The number of aromatic nitrogens is 7. The third kappa shape index (κ3) is 2.16. The Morgan fingerprint density at radius 3 is 2.88 bits per heavy atom. The van der Waals surface area contributed by atoms with Gasteiger partial charge in [0, 0.05) is 18.4 Å². The molecular weight excluding hydrogens is 316 g/mol. The average Bonchev–Trinajstić information content (AvgIpc) is 3.42. The molecule has 1 atom stereocenters. The van der Waals surface area contributed by atoms with Gasteiger partial charge in [-0.3, -0.25) is 4.57 Å². The van der Waals surface area contributed by atoms with Gasteiger partial charge in [-0.2, -0.15) is 10.1 Å². The second-order valence-electron chi connectivity index (χ2n) is 6.66. The molecule has 0 bridgehead atoms. The first-order chi connectivity index (χ1) is 12.4. The molecule has 25 heavy (non-hydrogen) atoms. The minimum Gasteiger partial charge on any atom is -0.341 e. The van der Waals surface area contributed by atoms with Gasteiger partial charge in [-0.1, -0.05) is 19.8 Å². The lowest BCUT2D eigenvalue weighted by molar-refractivity contribution is 0.468. The summed E-state index contributed by atoms with van der Waals surface area (Å²) in [6, 6.07) is 2.57. The van der Waals surface area contributed by atoms with Crippen molar-refractivity contribution in [3.05, 3.63) is 36.8 Å². The lowest BCUT2D eigenvalue weighted by Gasteiger charge is -2.40.